The molecular weight excluding hydrogens is 192 g/mol. The topological polar surface area (TPSA) is 0 Å². The third-order valence-electron chi connectivity index (χ3n) is 4.72. The van der Waals surface area contributed by atoms with Crippen LogP contribution in [0.3, 0.4) is 0 Å². The maximum Gasteiger partial charge on any atom is -0.0360 e. The van der Waals surface area contributed by atoms with Crippen molar-refractivity contribution in [3.63, 3.8) is 0 Å². The molecule has 96 valence electrons. The van der Waals surface area contributed by atoms with Crippen LogP contribution in [-0.2, 0) is 0 Å². The second-order valence-corrected chi connectivity index (χ2v) is 6.62. The zero-order valence-corrected chi connectivity index (χ0v) is 12.3. The van der Waals surface area contributed by atoms with Crippen LogP contribution in [0.15, 0.2) is 0 Å². The van der Waals surface area contributed by atoms with Crippen LogP contribution in [0.5, 0.6) is 0 Å². The van der Waals surface area contributed by atoms with Crippen molar-refractivity contribution >= 4 is 0 Å². The molecule has 0 bridgehead atoms. The van der Waals surface area contributed by atoms with Crippen LogP contribution in [0.2, 0.25) is 0 Å². The van der Waals surface area contributed by atoms with E-state index in [0.717, 1.165) is 35.5 Å². The summed E-state index contributed by atoms with van der Waals surface area (Å²) in [5.41, 5.74) is 0. The molecule has 0 aliphatic heterocycles. The summed E-state index contributed by atoms with van der Waals surface area (Å²) in [4.78, 5) is 0. The van der Waals surface area contributed by atoms with Crippen LogP contribution < -0.4 is 0 Å². The van der Waals surface area contributed by atoms with E-state index < -0.39 is 0 Å². The van der Waals surface area contributed by atoms with E-state index in [-0.39, 0.29) is 0 Å². The Labute approximate surface area is 103 Å². The van der Waals surface area contributed by atoms with E-state index in [4.69, 9.17) is 0 Å². The van der Waals surface area contributed by atoms with Crippen molar-refractivity contribution in [1.82, 2.24) is 0 Å². The predicted octanol–water partition coefficient (Wildman–Crippen LogP) is 5.38. The molecule has 0 amide bonds. The predicted molar refractivity (Wildman–Crippen MR) is 73.5 cm³/mol. The van der Waals surface area contributed by atoms with Crippen molar-refractivity contribution in [1.29, 1.82) is 0 Å². The molecule has 16 heavy (non-hydrogen) atoms. The van der Waals surface area contributed by atoms with Crippen LogP contribution in [0.1, 0.15) is 67.2 Å². The molecule has 2 fully saturated rings. The summed E-state index contributed by atoms with van der Waals surface area (Å²) >= 11 is 0. The fourth-order valence-electron chi connectivity index (χ4n) is 3.11. The monoisotopic (exact) mass is 224 g/mol. The average Bonchev–Trinajstić information content (AvgIpc) is 3.11. The fraction of sp³-hybridized carbons (Fsp3) is 1.00. The molecule has 0 aromatic heterocycles. The second-order valence-electron chi connectivity index (χ2n) is 6.62. The summed E-state index contributed by atoms with van der Waals surface area (Å²) in [5, 5.41) is 0. The molecule has 0 saturated heterocycles. The number of hydrogen-bond donors (Lipinski definition) is 0. The third-order valence-corrected chi connectivity index (χ3v) is 4.72. The van der Waals surface area contributed by atoms with E-state index >= 15 is 0 Å². The van der Waals surface area contributed by atoms with Gasteiger partial charge in [-0.3, -0.25) is 0 Å². The van der Waals surface area contributed by atoms with E-state index in [1.54, 1.807) is 0 Å². The van der Waals surface area contributed by atoms with Gasteiger partial charge in [-0.05, 0) is 48.3 Å². The summed E-state index contributed by atoms with van der Waals surface area (Å²) in [7, 11) is 0. The standard InChI is InChI=1S/2C8H16/c2*1-4-7-5-8(7)6(2)3/h2*6-8H,4-5H2,1-3H3/t2*7-,8+/m10/s1. The van der Waals surface area contributed by atoms with E-state index in [0.29, 0.717) is 0 Å². The molecule has 0 nitrogen and oxygen atoms in total. The Bertz CT molecular complexity index is 170. The highest BCUT2D eigenvalue weighted by atomic mass is 14.4. The van der Waals surface area contributed by atoms with Crippen LogP contribution in [0.4, 0.5) is 0 Å². The lowest BCUT2D eigenvalue weighted by molar-refractivity contribution is 0.512. The Morgan fingerprint density at radius 3 is 1.12 bits per heavy atom. The van der Waals surface area contributed by atoms with Gasteiger partial charge in [0, 0.05) is 0 Å². The molecule has 2 rings (SSSR count). The average molecular weight is 224 g/mol. The van der Waals surface area contributed by atoms with Crippen molar-refractivity contribution in [3.05, 3.63) is 0 Å². The summed E-state index contributed by atoms with van der Waals surface area (Å²) in [6.07, 6.45) is 5.83. The lowest BCUT2D eigenvalue weighted by Gasteiger charge is -1.98. The highest BCUT2D eigenvalue weighted by Crippen LogP contribution is 2.46. The molecule has 0 heterocycles. The van der Waals surface area contributed by atoms with Crippen LogP contribution >= 0.6 is 0 Å². The first-order valence-corrected chi connectivity index (χ1v) is 7.51. The van der Waals surface area contributed by atoms with Gasteiger partial charge in [-0.25, -0.2) is 0 Å². The first-order valence-electron chi connectivity index (χ1n) is 7.51. The van der Waals surface area contributed by atoms with Gasteiger partial charge in [0.1, 0.15) is 0 Å². The van der Waals surface area contributed by atoms with Crippen molar-refractivity contribution in [2.24, 2.45) is 35.5 Å². The molecule has 2 aliphatic carbocycles. The number of rotatable bonds is 4. The molecule has 0 unspecified atom stereocenters. The van der Waals surface area contributed by atoms with E-state index in [9.17, 15) is 0 Å². The highest BCUT2D eigenvalue weighted by molar-refractivity contribution is 4.87. The largest absolute Gasteiger partial charge is 0.0651 e. The molecule has 2 saturated carbocycles. The molecule has 4 atom stereocenters. The second kappa shape index (κ2) is 6.07. The fourth-order valence-corrected chi connectivity index (χ4v) is 3.11. The molecule has 0 N–H and O–H groups in total. The zero-order chi connectivity index (χ0) is 12.3. The molecular formula is C16H32. The van der Waals surface area contributed by atoms with Gasteiger partial charge in [-0.1, -0.05) is 54.4 Å². The Morgan fingerprint density at radius 1 is 0.750 bits per heavy atom. The smallest absolute Gasteiger partial charge is 0.0360 e. The Hall–Kier alpha value is 0. The Balaban J connectivity index is 0.000000160. The first kappa shape index (κ1) is 14.1. The van der Waals surface area contributed by atoms with Gasteiger partial charge in [-0.15, -0.1) is 0 Å². The van der Waals surface area contributed by atoms with Crippen molar-refractivity contribution in [3.8, 4) is 0 Å². The first-order chi connectivity index (χ1) is 7.51. The maximum atomic E-state index is 2.33. The Kier molecular flexibility index (Phi) is 5.34. The van der Waals surface area contributed by atoms with Crippen molar-refractivity contribution < 1.29 is 0 Å². The van der Waals surface area contributed by atoms with Crippen LogP contribution in [0.25, 0.3) is 0 Å². The lowest BCUT2D eigenvalue weighted by atomic mass is 10.1. The SMILES string of the molecule is CC[C@@H]1C[C@H]1C(C)C.CC[C@H]1C[C@@H]1C(C)C. The zero-order valence-electron chi connectivity index (χ0n) is 12.3. The molecule has 0 aromatic carbocycles. The van der Waals surface area contributed by atoms with Gasteiger partial charge in [0.05, 0.1) is 0 Å². The van der Waals surface area contributed by atoms with Gasteiger partial charge < -0.3 is 0 Å². The Morgan fingerprint density at radius 2 is 1.06 bits per heavy atom. The quantitative estimate of drug-likeness (QED) is 0.601. The summed E-state index contributed by atoms with van der Waals surface area (Å²) in [6, 6.07) is 0. The van der Waals surface area contributed by atoms with Gasteiger partial charge >= 0.3 is 0 Å². The van der Waals surface area contributed by atoms with Crippen LogP contribution in [-0.4, -0.2) is 0 Å². The van der Waals surface area contributed by atoms with Crippen LogP contribution in [0, 0.1) is 35.5 Å². The van der Waals surface area contributed by atoms with Gasteiger partial charge in [0.2, 0.25) is 0 Å². The van der Waals surface area contributed by atoms with Crippen molar-refractivity contribution in [2.75, 3.05) is 0 Å². The number of hydrogen-bond acceptors (Lipinski definition) is 0. The minimum Gasteiger partial charge on any atom is -0.0651 e. The van der Waals surface area contributed by atoms with E-state index in [1.807, 2.05) is 0 Å². The van der Waals surface area contributed by atoms with E-state index in [1.165, 1.54) is 25.7 Å². The molecule has 0 aromatic rings. The van der Waals surface area contributed by atoms with Gasteiger partial charge in [0.15, 0.2) is 0 Å². The molecule has 2 aliphatic rings. The minimum absolute atomic E-state index is 0.944. The summed E-state index contributed by atoms with van der Waals surface area (Å²) in [5.74, 6) is 6.24. The molecule has 0 radical (unpaired) electrons. The maximum absolute atomic E-state index is 2.33. The normalized spacial score (nSPS) is 36.0. The highest BCUT2D eigenvalue weighted by Gasteiger charge is 2.37. The van der Waals surface area contributed by atoms with E-state index in [2.05, 4.69) is 41.5 Å². The lowest BCUT2D eigenvalue weighted by Crippen LogP contribution is -1.90. The third kappa shape index (κ3) is 4.11. The minimum atomic E-state index is 0.944. The molecule has 0 heteroatoms. The van der Waals surface area contributed by atoms with Crippen molar-refractivity contribution in [2.45, 2.75) is 67.2 Å². The summed E-state index contributed by atoms with van der Waals surface area (Å²) < 4.78 is 0. The molecule has 0 spiro atoms. The van der Waals surface area contributed by atoms with Gasteiger partial charge in [0.25, 0.3) is 0 Å². The van der Waals surface area contributed by atoms with Gasteiger partial charge in [-0.2, -0.15) is 0 Å². The summed E-state index contributed by atoms with van der Waals surface area (Å²) in [6.45, 7) is 13.9.